The molecule has 0 bridgehead atoms. The van der Waals surface area contributed by atoms with Crippen molar-refractivity contribution in [2.24, 2.45) is 10.9 Å². The van der Waals surface area contributed by atoms with Gasteiger partial charge in [0.05, 0.1) is 0 Å². The minimum absolute atomic E-state index is 0.138. The summed E-state index contributed by atoms with van der Waals surface area (Å²) in [6, 6.07) is 6.93. The molecule has 2 rings (SSSR count). The van der Waals surface area contributed by atoms with Gasteiger partial charge in [0.25, 0.3) is 0 Å². The molecule has 0 aliphatic carbocycles. The first-order valence-electron chi connectivity index (χ1n) is 9.13. The zero-order valence-corrected chi connectivity index (χ0v) is 15.0. The molecule has 5 heteroatoms. The predicted molar refractivity (Wildman–Crippen MR) is 98.9 cm³/mol. The van der Waals surface area contributed by atoms with Gasteiger partial charge in [0.1, 0.15) is 5.82 Å². The van der Waals surface area contributed by atoms with E-state index in [2.05, 4.69) is 27.4 Å². The Morgan fingerprint density at radius 3 is 2.67 bits per heavy atom. The number of rotatable bonds is 7. The first-order valence-corrected chi connectivity index (χ1v) is 9.13. The van der Waals surface area contributed by atoms with E-state index >= 15 is 0 Å². The van der Waals surface area contributed by atoms with E-state index in [4.69, 9.17) is 0 Å². The van der Waals surface area contributed by atoms with Crippen molar-refractivity contribution in [1.29, 1.82) is 0 Å². The van der Waals surface area contributed by atoms with Crippen LogP contribution in [0.3, 0.4) is 0 Å². The van der Waals surface area contributed by atoms with Crippen LogP contribution in [0, 0.1) is 11.7 Å². The van der Waals surface area contributed by atoms with E-state index in [9.17, 15) is 4.39 Å². The molecule has 134 valence electrons. The second-order valence-electron chi connectivity index (χ2n) is 6.51. The zero-order chi connectivity index (χ0) is 17.2. The average molecular weight is 334 g/mol. The van der Waals surface area contributed by atoms with Gasteiger partial charge in [0.2, 0.25) is 0 Å². The minimum Gasteiger partial charge on any atom is -0.356 e. The first kappa shape index (κ1) is 18.7. The quantitative estimate of drug-likeness (QED) is 0.595. The molecule has 1 aromatic rings. The zero-order valence-electron chi connectivity index (χ0n) is 15.0. The molecule has 2 N–H and O–H groups in total. The van der Waals surface area contributed by atoms with Crippen LogP contribution in [-0.4, -0.2) is 50.6 Å². The van der Waals surface area contributed by atoms with Gasteiger partial charge >= 0.3 is 0 Å². The van der Waals surface area contributed by atoms with E-state index in [1.807, 2.05) is 12.1 Å². The SMILES string of the molecule is CCCN1CCC(CNC(=NC)NCCc2ccccc2F)CC1. The van der Waals surface area contributed by atoms with Gasteiger partial charge in [0, 0.05) is 20.1 Å². The summed E-state index contributed by atoms with van der Waals surface area (Å²) in [5.41, 5.74) is 0.740. The molecule has 1 saturated heterocycles. The van der Waals surface area contributed by atoms with Crippen LogP contribution in [0.15, 0.2) is 29.3 Å². The highest BCUT2D eigenvalue weighted by molar-refractivity contribution is 5.79. The van der Waals surface area contributed by atoms with Gasteiger partial charge in [-0.15, -0.1) is 0 Å². The molecular formula is C19H31FN4. The van der Waals surface area contributed by atoms with Crippen molar-refractivity contribution in [1.82, 2.24) is 15.5 Å². The van der Waals surface area contributed by atoms with Crippen LogP contribution in [0.1, 0.15) is 31.7 Å². The maximum Gasteiger partial charge on any atom is 0.190 e. The summed E-state index contributed by atoms with van der Waals surface area (Å²) in [4.78, 5) is 6.81. The largest absolute Gasteiger partial charge is 0.356 e. The fourth-order valence-electron chi connectivity index (χ4n) is 3.21. The normalized spacial score (nSPS) is 17.0. The number of likely N-dealkylation sites (tertiary alicyclic amines) is 1. The molecule has 4 nitrogen and oxygen atoms in total. The second kappa shape index (κ2) is 10.3. The predicted octanol–water partition coefficient (Wildman–Crippen LogP) is 2.66. The Kier molecular flexibility index (Phi) is 8.02. The van der Waals surface area contributed by atoms with Gasteiger partial charge in [-0.2, -0.15) is 0 Å². The molecule has 0 amide bonds. The Balaban J connectivity index is 1.65. The van der Waals surface area contributed by atoms with Crippen molar-refractivity contribution in [3.8, 4) is 0 Å². The van der Waals surface area contributed by atoms with Crippen LogP contribution >= 0.6 is 0 Å². The van der Waals surface area contributed by atoms with Gasteiger partial charge in [-0.3, -0.25) is 4.99 Å². The summed E-state index contributed by atoms with van der Waals surface area (Å²) in [6.45, 7) is 7.51. The lowest BCUT2D eigenvalue weighted by Crippen LogP contribution is -2.43. The van der Waals surface area contributed by atoms with Gasteiger partial charge in [-0.05, 0) is 62.9 Å². The van der Waals surface area contributed by atoms with E-state index in [-0.39, 0.29) is 5.82 Å². The molecule has 1 aromatic carbocycles. The number of halogens is 1. The molecule has 0 spiro atoms. The average Bonchev–Trinajstić information content (AvgIpc) is 2.61. The third-order valence-electron chi connectivity index (χ3n) is 4.67. The summed E-state index contributed by atoms with van der Waals surface area (Å²) in [6.07, 6.45) is 4.39. The highest BCUT2D eigenvalue weighted by Crippen LogP contribution is 2.16. The Labute approximate surface area is 145 Å². The van der Waals surface area contributed by atoms with Crippen LogP contribution in [-0.2, 0) is 6.42 Å². The lowest BCUT2D eigenvalue weighted by atomic mass is 9.97. The maximum absolute atomic E-state index is 13.6. The first-order chi connectivity index (χ1) is 11.7. The third kappa shape index (κ3) is 6.11. The van der Waals surface area contributed by atoms with Gasteiger partial charge < -0.3 is 15.5 Å². The molecule has 0 radical (unpaired) electrons. The lowest BCUT2D eigenvalue weighted by molar-refractivity contribution is 0.185. The Hall–Kier alpha value is -1.62. The number of piperidine rings is 1. The van der Waals surface area contributed by atoms with Crippen LogP contribution in [0.25, 0.3) is 0 Å². The van der Waals surface area contributed by atoms with E-state index in [1.165, 1.54) is 45.0 Å². The number of aliphatic imine (C=N–C) groups is 1. The number of hydrogen-bond acceptors (Lipinski definition) is 2. The molecule has 0 unspecified atom stereocenters. The molecule has 24 heavy (non-hydrogen) atoms. The Morgan fingerprint density at radius 2 is 2.00 bits per heavy atom. The summed E-state index contributed by atoms with van der Waals surface area (Å²) < 4.78 is 13.6. The van der Waals surface area contributed by atoms with Crippen LogP contribution in [0.5, 0.6) is 0 Å². The van der Waals surface area contributed by atoms with Gasteiger partial charge in [-0.25, -0.2) is 4.39 Å². The summed E-state index contributed by atoms with van der Waals surface area (Å²) in [7, 11) is 1.78. The van der Waals surface area contributed by atoms with E-state index in [1.54, 1.807) is 13.1 Å². The number of benzene rings is 1. The minimum atomic E-state index is -0.138. The molecule has 0 saturated carbocycles. The highest BCUT2D eigenvalue weighted by Gasteiger charge is 2.18. The van der Waals surface area contributed by atoms with E-state index < -0.39 is 0 Å². The van der Waals surface area contributed by atoms with Gasteiger partial charge in [0.15, 0.2) is 5.96 Å². The number of nitrogens with zero attached hydrogens (tertiary/aromatic N) is 2. The Morgan fingerprint density at radius 1 is 1.25 bits per heavy atom. The van der Waals surface area contributed by atoms with Crippen molar-refractivity contribution in [2.75, 3.05) is 39.8 Å². The monoisotopic (exact) mass is 334 g/mol. The topological polar surface area (TPSA) is 39.7 Å². The van der Waals surface area contributed by atoms with Crippen molar-refractivity contribution in [3.63, 3.8) is 0 Å². The Bertz CT molecular complexity index is 510. The number of guanidine groups is 1. The molecule has 0 atom stereocenters. The molecule has 0 aromatic heterocycles. The van der Waals surface area contributed by atoms with Crippen LogP contribution < -0.4 is 10.6 Å². The fourth-order valence-corrected chi connectivity index (χ4v) is 3.21. The molecule has 1 aliphatic rings. The molecular weight excluding hydrogens is 303 g/mol. The van der Waals surface area contributed by atoms with Crippen molar-refractivity contribution in [2.45, 2.75) is 32.6 Å². The summed E-state index contributed by atoms with van der Waals surface area (Å²) >= 11 is 0. The van der Waals surface area contributed by atoms with Crippen LogP contribution in [0.4, 0.5) is 4.39 Å². The van der Waals surface area contributed by atoms with Gasteiger partial charge in [-0.1, -0.05) is 25.1 Å². The second-order valence-corrected chi connectivity index (χ2v) is 6.51. The fraction of sp³-hybridized carbons (Fsp3) is 0.632. The molecule has 1 fully saturated rings. The summed E-state index contributed by atoms with van der Waals surface area (Å²) in [5.74, 6) is 1.38. The highest BCUT2D eigenvalue weighted by atomic mass is 19.1. The number of hydrogen-bond donors (Lipinski definition) is 2. The molecule has 1 heterocycles. The maximum atomic E-state index is 13.6. The lowest BCUT2D eigenvalue weighted by Gasteiger charge is -2.32. The van der Waals surface area contributed by atoms with Crippen LogP contribution in [0.2, 0.25) is 0 Å². The van der Waals surface area contributed by atoms with Crippen molar-refractivity contribution < 1.29 is 4.39 Å². The molecule has 1 aliphatic heterocycles. The van der Waals surface area contributed by atoms with Crippen molar-refractivity contribution >= 4 is 5.96 Å². The standard InChI is InChI=1S/C19H31FN4/c1-3-12-24-13-9-16(10-14-24)15-23-19(21-2)22-11-8-17-6-4-5-7-18(17)20/h4-7,16H,3,8-15H2,1-2H3,(H2,21,22,23). The summed E-state index contributed by atoms with van der Waals surface area (Å²) in [5, 5.41) is 6.69. The smallest absolute Gasteiger partial charge is 0.190 e. The van der Waals surface area contributed by atoms with E-state index in [0.29, 0.717) is 18.9 Å². The van der Waals surface area contributed by atoms with Crippen molar-refractivity contribution in [3.05, 3.63) is 35.6 Å². The van der Waals surface area contributed by atoms with E-state index in [0.717, 1.165) is 18.1 Å². The third-order valence-corrected chi connectivity index (χ3v) is 4.67. The number of nitrogens with one attached hydrogen (secondary N) is 2.